The lowest BCUT2D eigenvalue weighted by molar-refractivity contribution is -0.384. The topological polar surface area (TPSA) is 111 Å². The number of benzene rings is 1. The summed E-state index contributed by atoms with van der Waals surface area (Å²) >= 11 is 0. The van der Waals surface area contributed by atoms with Crippen LogP contribution in [0.5, 0.6) is 0 Å². The zero-order valence-corrected chi connectivity index (χ0v) is 15.0. The van der Waals surface area contributed by atoms with Crippen LogP contribution in [0.1, 0.15) is 33.6 Å². The molecule has 2 heterocycles. The van der Waals surface area contributed by atoms with Crippen LogP contribution in [0.15, 0.2) is 22.6 Å². The Morgan fingerprint density at radius 3 is 2.96 bits per heavy atom. The molecule has 1 saturated heterocycles. The number of amides is 1. The van der Waals surface area contributed by atoms with Crippen LogP contribution in [0.25, 0.3) is 11.1 Å². The Morgan fingerprint density at radius 2 is 2.27 bits per heavy atom. The number of rotatable bonds is 4. The van der Waals surface area contributed by atoms with E-state index in [9.17, 15) is 14.9 Å². The minimum absolute atomic E-state index is 0.0193. The largest absolute Gasteiger partial charge is 0.444 e. The van der Waals surface area contributed by atoms with E-state index in [2.05, 4.69) is 10.3 Å². The molecule has 0 unspecified atom stereocenters. The molecule has 0 aliphatic carbocycles. The molecule has 0 radical (unpaired) electrons. The summed E-state index contributed by atoms with van der Waals surface area (Å²) < 4.78 is 11.0. The monoisotopic (exact) mass is 362 g/mol. The zero-order chi connectivity index (χ0) is 18.9. The third-order valence-corrected chi connectivity index (χ3v) is 4.08. The fourth-order valence-electron chi connectivity index (χ4n) is 2.92. The van der Waals surface area contributed by atoms with Gasteiger partial charge in [-0.1, -0.05) is 0 Å². The fraction of sp³-hybridized carbons (Fsp3) is 0.529. The van der Waals surface area contributed by atoms with Gasteiger partial charge in [0.2, 0.25) is 0 Å². The van der Waals surface area contributed by atoms with Gasteiger partial charge >= 0.3 is 6.09 Å². The summed E-state index contributed by atoms with van der Waals surface area (Å²) in [7, 11) is 0. The minimum atomic E-state index is -0.535. The Bertz CT molecular complexity index is 826. The van der Waals surface area contributed by atoms with Gasteiger partial charge in [0.1, 0.15) is 11.1 Å². The summed E-state index contributed by atoms with van der Waals surface area (Å²) in [6.45, 7) is 6.64. The van der Waals surface area contributed by atoms with Crippen molar-refractivity contribution < 1.29 is 18.9 Å². The number of hydrogen-bond donors (Lipinski definition) is 1. The summed E-state index contributed by atoms with van der Waals surface area (Å²) in [5, 5.41) is 13.9. The number of ether oxygens (including phenoxy) is 1. The van der Waals surface area contributed by atoms with E-state index in [0.29, 0.717) is 24.2 Å². The minimum Gasteiger partial charge on any atom is -0.444 e. The summed E-state index contributed by atoms with van der Waals surface area (Å²) in [4.78, 5) is 28.6. The second kappa shape index (κ2) is 6.81. The summed E-state index contributed by atoms with van der Waals surface area (Å²) in [6.07, 6.45) is 1.44. The maximum Gasteiger partial charge on any atom is 0.410 e. The molecule has 0 saturated carbocycles. The molecule has 9 nitrogen and oxygen atoms in total. The molecule has 1 aliphatic rings. The number of nitro groups is 1. The smallest absolute Gasteiger partial charge is 0.410 e. The highest BCUT2D eigenvalue weighted by Gasteiger charge is 2.32. The van der Waals surface area contributed by atoms with Crippen molar-refractivity contribution in [2.24, 2.45) is 0 Å². The number of aromatic nitrogens is 1. The van der Waals surface area contributed by atoms with Crippen LogP contribution in [-0.2, 0) is 4.74 Å². The van der Waals surface area contributed by atoms with Crippen molar-refractivity contribution in [1.29, 1.82) is 0 Å². The van der Waals surface area contributed by atoms with Crippen LogP contribution in [0.2, 0.25) is 0 Å². The van der Waals surface area contributed by atoms with Crippen LogP contribution < -0.4 is 5.32 Å². The number of carbonyl (C=O) groups excluding carboxylic acids is 1. The average molecular weight is 362 g/mol. The standard InChI is InChI=1S/C17H22N4O5/c1-17(2,3)26-16(22)20-8-4-5-12(20)10-18-15-19-13-9-11(21(23)24)6-7-14(13)25-15/h6-7,9,12H,4-5,8,10H2,1-3H3,(H,18,19)/t12-/m0/s1. The number of nitro benzene ring substituents is 1. The molecule has 0 bridgehead atoms. The molecule has 26 heavy (non-hydrogen) atoms. The lowest BCUT2D eigenvalue weighted by Gasteiger charge is -2.28. The predicted molar refractivity (Wildman–Crippen MR) is 95.1 cm³/mol. The highest BCUT2D eigenvalue weighted by Crippen LogP contribution is 2.25. The number of nitrogens with one attached hydrogen (secondary N) is 1. The molecule has 1 N–H and O–H groups in total. The Kier molecular flexibility index (Phi) is 4.71. The molecule has 1 fully saturated rings. The van der Waals surface area contributed by atoms with Crippen LogP contribution >= 0.6 is 0 Å². The van der Waals surface area contributed by atoms with E-state index in [1.165, 1.54) is 18.2 Å². The van der Waals surface area contributed by atoms with Gasteiger partial charge < -0.3 is 19.4 Å². The molecule has 1 aliphatic heterocycles. The first-order valence-electron chi connectivity index (χ1n) is 8.51. The van der Waals surface area contributed by atoms with E-state index in [1.54, 1.807) is 4.90 Å². The second-order valence-corrected chi connectivity index (χ2v) is 7.28. The molecular weight excluding hydrogens is 340 g/mol. The van der Waals surface area contributed by atoms with E-state index >= 15 is 0 Å². The van der Waals surface area contributed by atoms with Gasteiger partial charge in [-0.25, -0.2) is 4.79 Å². The lowest BCUT2D eigenvalue weighted by Crippen LogP contribution is -2.42. The van der Waals surface area contributed by atoms with Gasteiger partial charge in [0.15, 0.2) is 5.58 Å². The van der Waals surface area contributed by atoms with Crippen LogP contribution in [0.3, 0.4) is 0 Å². The predicted octanol–water partition coefficient (Wildman–Crippen LogP) is 3.55. The Hall–Kier alpha value is -2.84. The molecule has 2 aromatic rings. The Balaban J connectivity index is 1.65. The number of fused-ring (bicyclic) bond motifs is 1. The molecule has 140 valence electrons. The maximum atomic E-state index is 12.3. The second-order valence-electron chi connectivity index (χ2n) is 7.28. The van der Waals surface area contributed by atoms with Crippen molar-refractivity contribution >= 4 is 28.9 Å². The van der Waals surface area contributed by atoms with Gasteiger partial charge in [0, 0.05) is 25.2 Å². The number of nitrogens with zero attached hydrogens (tertiary/aromatic N) is 3. The van der Waals surface area contributed by atoms with Gasteiger partial charge in [-0.3, -0.25) is 10.1 Å². The van der Waals surface area contributed by atoms with E-state index in [1.807, 2.05) is 20.8 Å². The molecule has 1 aromatic heterocycles. The quantitative estimate of drug-likeness (QED) is 0.654. The van der Waals surface area contributed by atoms with Crippen molar-refractivity contribution in [3.8, 4) is 0 Å². The maximum absolute atomic E-state index is 12.3. The molecule has 3 rings (SSSR count). The van der Waals surface area contributed by atoms with Gasteiger partial charge in [0.05, 0.1) is 11.0 Å². The number of carbonyl (C=O) groups is 1. The van der Waals surface area contributed by atoms with Gasteiger partial charge in [0.25, 0.3) is 11.7 Å². The first-order chi connectivity index (χ1) is 12.2. The summed E-state index contributed by atoms with van der Waals surface area (Å²) in [5.74, 6) is 0. The van der Waals surface area contributed by atoms with Crippen molar-refractivity contribution in [1.82, 2.24) is 9.88 Å². The Labute approximate surface area is 150 Å². The number of anilines is 1. The third-order valence-electron chi connectivity index (χ3n) is 4.08. The number of non-ortho nitro benzene ring substituents is 1. The van der Waals surface area contributed by atoms with Crippen molar-refractivity contribution in [2.75, 3.05) is 18.4 Å². The number of oxazole rings is 1. The highest BCUT2D eigenvalue weighted by atomic mass is 16.6. The van der Waals surface area contributed by atoms with Gasteiger partial charge in [-0.15, -0.1) is 0 Å². The van der Waals surface area contributed by atoms with E-state index in [-0.39, 0.29) is 23.8 Å². The molecule has 1 amide bonds. The van der Waals surface area contributed by atoms with Gasteiger partial charge in [-0.2, -0.15) is 4.98 Å². The highest BCUT2D eigenvalue weighted by molar-refractivity contribution is 5.77. The molecule has 0 spiro atoms. The van der Waals surface area contributed by atoms with E-state index in [4.69, 9.17) is 9.15 Å². The molecule has 9 heteroatoms. The van der Waals surface area contributed by atoms with E-state index < -0.39 is 10.5 Å². The average Bonchev–Trinajstić information content (AvgIpc) is 3.16. The van der Waals surface area contributed by atoms with Crippen molar-refractivity contribution in [3.63, 3.8) is 0 Å². The Morgan fingerprint density at radius 1 is 1.50 bits per heavy atom. The SMILES string of the molecule is CC(C)(C)OC(=O)N1CCC[C@H]1CNc1nc2cc([N+](=O)[O-])ccc2o1. The van der Waals surface area contributed by atoms with Crippen molar-refractivity contribution in [2.45, 2.75) is 45.3 Å². The zero-order valence-electron chi connectivity index (χ0n) is 15.0. The third kappa shape index (κ3) is 4.04. The summed E-state index contributed by atoms with van der Waals surface area (Å²) in [5.41, 5.74) is 0.307. The van der Waals surface area contributed by atoms with Crippen molar-refractivity contribution in [3.05, 3.63) is 28.3 Å². The van der Waals surface area contributed by atoms with Crippen LogP contribution in [0, 0.1) is 10.1 Å². The molecular formula is C17H22N4O5. The van der Waals surface area contributed by atoms with E-state index in [0.717, 1.165) is 12.8 Å². The normalized spacial score (nSPS) is 17.5. The molecule has 1 aromatic carbocycles. The number of likely N-dealkylation sites (tertiary alicyclic amines) is 1. The number of hydrogen-bond acceptors (Lipinski definition) is 7. The molecule has 1 atom stereocenters. The lowest BCUT2D eigenvalue weighted by atomic mass is 10.2. The first-order valence-corrected chi connectivity index (χ1v) is 8.51. The summed E-state index contributed by atoms with van der Waals surface area (Å²) in [6, 6.07) is 4.52. The van der Waals surface area contributed by atoms with Crippen LogP contribution in [0.4, 0.5) is 16.5 Å². The van der Waals surface area contributed by atoms with Crippen LogP contribution in [-0.4, -0.2) is 45.6 Å². The van der Waals surface area contributed by atoms with Gasteiger partial charge in [-0.05, 0) is 39.7 Å². The first kappa shape index (κ1) is 18.0. The fourth-order valence-corrected chi connectivity index (χ4v) is 2.92.